The average Bonchev–Trinajstić information content (AvgIpc) is 3.35. The Morgan fingerprint density at radius 3 is 2.63 bits per heavy atom. The van der Waals surface area contributed by atoms with E-state index in [0.29, 0.717) is 18.0 Å². The Morgan fingerprint density at radius 1 is 1.05 bits per heavy atom. The summed E-state index contributed by atoms with van der Waals surface area (Å²) in [5, 5.41) is 4.80. The van der Waals surface area contributed by atoms with Crippen LogP contribution in [0.3, 0.4) is 0 Å². The smallest absolute Gasteiger partial charge is 0.304 e. The summed E-state index contributed by atoms with van der Waals surface area (Å²) >= 11 is 1.15. The number of anilines is 1. The number of halogens is 3. The van der Waals surface area contributed by atoms with Crippen LogP contribution in [0.15, 0.2) is 61.1 Å². The van der Waals surface area contributed by atoms with E-state index >= 15 is 0 Å². The summed E-state index contributed by atoms with van der Waals surface area (Å²) in [4.78, 5) is 25.9. The van der Waals surface area contributed by atoms with Crippen LogP contribution < -0.4 is 5.32 Å². The second-order valence-corrected chi connectivity index (χ2v) is 10.1. The predicted molar refractivity (Wildman–Crippen MR) is 142 cm³/mol. The Bertz CT molecular complexity index is 1530. The molecule has 5 rings (SSSR count). The molecule has 2 aromatic heterocycles. The number of amides is 1. The van der Waals surface area contributed by atoms with Crippen molar-refractivity contribution in [3.05, 3.63) is 88.2 Å². The molecule has 0 bridgehead atoms. The van der Waals surface area contributed by atoms with Gasteiger partial charge in [-0.15, -0.1) is 0 Å². The molecule has 0 spiro atoms. The first kappa shape index (κ1) is 25.9. The van der Waals surface area contributed by atoms with Crippen LogP contribution in [0.25, 0.3) is 10.8 Å². The first-order chi connectivity index (χ1) is 18.3. The maximum absolute atomic E-state index is 13.9. The zero-order chi connectivity index (χ0) is 26.7. The quantitative estimate of drug-likeness (QED) is 0.368. The number of aromatic nitrogens is 2. The van der Waals surface area contributed by atoms with Gasteiger partial charge in [-0.1, -0.05) is 47.6 Å². The van der Waals surface area contributed by atoms with Gasteiger partial charge in [0.05, 0.1) is 22.2 Å². The van der Waals surface area contributed by atoms with Gasteiger partial charge in [0, 0.05) is 61.5 Å². The van der Waals surface area contributed by atoms with Gasteiger partial charge in [0.15, 0.2) is 5.13 Å². The highest BCUT2D eigenvalue weighted by atomic mass is 32.1. The normalized spacial score (nSPS) is 14.7. The number of carbonyl (C=O) groups excluding carboxylic acids is 1. The fourth-order valence-corrected chi connectivity index (χ4v) is 4.94. The van der Waals surface area contributed by atoms with Gasteiger partial charge in [0.25, 0.3) is 5.91 Å². The number of hydrogen-bond donors (Lipinski definition) is 1. The number of alkyl halides is 3. The van der Waals surface area contributed by atoms with E-state index < -0.39 is 17.6 Å². The van der Waals surface area contributed by atoms with E-state index in [0.717, 1.165) is 46.8 Å². The molecule has 0 aliphatic carbocycles. The van der Waals surface area contributed by atoms with E-state index in [1.54, 1.807) is 12.4 Å². The van der Waals surface area contributed by atoms with E-state index in [1.165, 1.54) is 18.3 Å². The van der Waals surface area contributed by atoms with E-state index in [-0.39, 0.29) is 22.8 Å². The molecular weight excluding hydrogens is 511 g/mol. The monoisotopic (exact) mass is 535 g/mol. The van der Waals surface area contributed by atoms with Gasteiger partial charge in [0.2, 0.25) is 0 Å². The molecule has 1 aliphatic rings. The van der Waals surface area contributed by atoms with Crippen molar-refractivity contribution < 1.29 is 18.0 Å². The van der Waals surface area contributed by atoms with Gasteiger partial charge in [-0.3, -0.25) is 20.0 Å². The number of carbonyl (C=O) groups is 1. The number of piperazine rings is 1. The molecule has 10 heteroatoms. The third kappa shape index (κ3) is 6.02. The van der Waals surface area contributed by atoms with Crippen molar-refractivity contribution in [2.75, 3.05) is 38.5 Å². The Labute approximate surface area is 222 Å². The van der Waals surface area contributed by atoms with Gasteiger partial charge < -0.3 is 4.90 Å². The minimum absolute atomic E-state index is 0.0795. The molecule has 3 heterocycles. The van der Waals surface area contributed by atoms with Crippen LogP contribution in [0.1, 0.15) is 31.9 Å². The number of nitrogens with one attached hydrogen (secondary N) is 1. The fourth-order valence-electron chi connectivity index (χ4n) is 4.27. The highest BCUT2D eigenvalue weighted by Gasteiger charge is 2.34. The molecule has 0 unspecified atom stereocenters. The van der Waals surface area contributed by atoms with Gasteiger partial charge in [0.1, 0.15) is 0 Å². The molecule has 4 aromatic rings. The summed E-state index contributed by atoms with van der Waals surface area (Å²) < 4.78 is 41.6. The lowest BCUT2D eigenvalue weighted by molar-refractivity contribution is -0.138. The molecular formula is C28H24F3N5OS. The maximum Gasteiger partial charge on any atom is 0.416 e. The summed E-state index contributed by atoms with van der Waals surface area (Å²) in [6, 6.07) is 11.5. The number of thiazole rings is 1. The van der Waals surface area contributed by atoms with Gasteiger partial charge in [-0.2, -0.15) is 13.2 Å². The first-order valence-corrected chi connectivity index (χ1v) is 12.8. The van der Waals surface area contributed by atoms with Crippen molar-refractivity contribution in [1.29, 1.82) is 0 Å². The van der Waals surface area contributed by atoms with Crippen LogP contribution in [0.4, 0.5) is 18.3 Å². The lowest BCUT2D eigenvalue weighted by atomic mass is 10.0. The van der Waals surface area contributed by atoms with Crippen molar-refractivity contribution in [1.82, 2.24) is 19.8 Å². The van der Waals surface area contributed by atoms with Crippen LogP contribution in [-0.2, 0) is 12.7 Å². The van der Waals surface area contributed by atoms with Crippen LogP contribution in [0.2, 0.25) is 0 Å². The molecule has 1 N–H and O–H groups in total. The highest BCUT2D eigenvalue weighted by molar-refractivity contribution is 7.16. The molecule has 1 aliphatic heterocycles. The summed E-state index contributed by atoms with van der Waals surface area (Å²) in [5.74, 6) is 5.45. The number of hydrogen-bond acceptors (Lipinski definition) is 6. The topological polar surface area (TPSA) is 61.4 Å². The molecule has 0 radical (unpaired) electrons. The fraction of sp³-hybridized carbons (Fsp3) is 0.250. The van der Waals surface area contributed by atoms with Crippen molar-refractivity contribution >= 4 is 33.1 Å². The SMILES string of the molecule is CN1CCN(Cc2ccc(C(=O)Nc3ncc(C#Cc4cncc5ccccc45)s3)cc2C(F)(F)F)CC1. The molecule has 0 saturated carbocycles. The van der Waals surface area contributed by atoms with Gasteiger partial charge in [-0.25, -0.2) is 4.98 Å². The lowest BCUT2D eigenvalue weighted by Crippen LogP contribution is -2.44. The van der Waals surface area contributed by atoms with E-state index in [9.17, 15) is 18.0 Å². The van der Waals surface area contributed by atoms with Crippen molar-refractivity contribution in [3.8, 4) is 11.8 Å². The van der Waals surface area contributed by atoms with Crippen molar-refractivity contribution in [2.24, 2.45) is 0 Å². The van der Waals surface area contributed by atoms with E-state index in [2.05, 4.69) is 32.0 Å². The number of fused-ring (bicyclic) bond motifs is 1. The van der Waals surface area contributed by atoms with Crippen LogP contribution in [0.5, 0.6) is 0 Å². The summed E-state index contributed by atoms with van der Waals surface area (Å²) in [6.45, 7) is 3.19. The Morgan fingerprint density at radius 2 is 1.84 bits per heavy atom. The predicted octanol–water partition coefficient (Wildman–Crippen LogP) is 5.11. The summed E-state index contributed by atoms with van der Waals surface area (Å²) in [6.07, 6.45) is 0.402. The summed E-state index contributed by atoms with van der Waals surface area (Å²) in [7, 11) is 1.99. The number of likely N-dealkylation sites (N-methyl/N-ethyl adjacent to an activating group) is 1. The van der Waals surface area contributed by atoms with E-state index in [4.69, 9.17) is 0 Å². The second-order valence-electron chi connectivity index (χ2n) is 9.09. The van der Waals surface area contributed by atoms with Crippen molar-refractivity contribution in [3.63, 3.8) is 0 Å². The standard InChI is InChI=1S/C28H24F3N5OS/c1-35-10-12-36(13-11-35)18-22-7-6-19(14-25(22)28(29,30)31)26(37)34-27-33-17-23(38-27)9-8-21-16-32-15-20-4-2-3-5-24(20)21/h2-7,14-17H,10-13,18H2,1H3,(H,33,34,37). The minimum Gasteiger partial charge on any atom is -0.304 e. The van der Waals surface area contributed by atoms with Gasteiger partial charge in [-0.05, 0) is 30.7 Å². The van der Waals surface area contributed by atoms with Crippen LogP contribution in [0, 0.1) is 11.8 Å². The Balaban J connectivity index is 1.30. The molecule has 6 nitrogen and oxygen atoms in total. The average molecular weight is 536 g/mol. The third-order valence-electron chi connectivity index (χ3n) is 6.38. The molecule has 1 fully saturated rings. The molecule has 194 valence electrons. The molecule has 2 aromatic carbocycles. The largest absolute Gasteiger partial charge is 0.416 e. The van der Waals surface area contributed by atoms with Crippen molar-refractivity contribution in [2.45, 2.75) is 12.7 Å². The minimum atomic E-state index is -4.57. The molecule has 1 amide bonds. The number of rotatable bonds is 4. The van der Waals surface area contributed by atoms with Crippen LogP contribution in [-0.4, -0.2) is 58.9 Å². The molecule has 1 saturated heterocycles. The second kappa shape index (κ2) is 10.9. The summed E-state index contributed by atoms with van der Waals surface area (Å²) in [5.41, 5.74) is 0.0503. The van der Waals surface area contributed by atoms with Gasteiger partial charge >= 0.3 is 6.18 Å². The number of pyridine rings is 1. The maximum atomic E-state index is 13.9. The number of nitrogens with zero attached hydrogens (tertiary/aromatic N) is 4. The molecule has 38 heavy (non-hydrogen) atoms. The zero-order valence-electron chi connectivity index (χ0n) is 20.5. The van der Waals surface area contributed by atoms with Crippen LogP contribution >= 0.6 is 11.3 Å². The highest BCUT2D eigenvalue weighted by Crippen LogP contribution is 2.34. The zero-order valence-corrected chi connectivity index (χ0v) is 21.4. The molecule has 0 atom stereocenters. The lowest BCUT2D eigenvalue weighted by Gasteiger charge is -2.33. The first-order valence-electron chi connectivity index (χ1n) is 12.0. The Kier molecular flexibility index (Phi) is 7.42. The Hall–Kier alpha value is -3.78. The number of benzene rings is 2. The van der Waals surface area contributed by atoms with E-state index in [1.807, 2.05) is 36.2 Å². The third-order valence-corrected chi connectivity index (χ3v) is 7.21.